The van der Waals surface area contributed by atoms with E-state index in [0.717, 1.165) is 20.1 Å². The van der Waals surface area contributed by atoms with Gasteiger partial charge in [0, 0.05) is 18.5 Å². The number of thiophene rings is 2. The molecule has 0 saturated carbocycles. The number of hydrogen-bond donors (Lipinski definition) is 0. The van der Waals surface area contributed by atoms with Gasteiger partial charge in [-0.1, -0.05) is 6.07 Å². The average Bonchev–Trinajstić information content (AvgIpc) is 3.27. The van der Waals surface area contributed by atoms with Gasteiger partial charge in [-0.2, -0.15) is 0 Å². The number of carbonyl (C=O) groups is 1. The van der Waals surface area contributed by atoms with E-state index in [1.165, 1.54) is 22.7 Å². The lowest BCUT2D eigenvalue weighted by Gasteiger charge is -2.26. The number of aromatic nitrogens is 2. The Bertz CT molecular complexity index is 975. The minimum absolute atomic E-state index is 0.0161. The summed E-state index contributed by atoms with van der Waals surface area (Å²) in [4.78, 5) is 34.2. The molecule has 0 saturated heterocycles. The van der Waals surface area contributed by atoms with Gasteiger partial charge >= 0.3 is 0 Å². The summed E-state index contributed by atoms with van der Waals surface area (Å²) in [7, 11) is 1.61. The van der Waals surface area contributed by atoms with Gasteiger partial charge in [-0.25, -0.2) is 4.98 Å². The Kier molecular flexibility index (Phi) is 4.41. The number of carbonyl (C=O) groups excluding carboxylic acids is 1. The van der Waals surface area contributed by atoms with Gasteiger partial charge < -0.3 is 9.64 Å². The Morgan fingerprint density at radius 1 is 1.44 bits per heavy atom. The smallest absolute Gasteiger partial charge is 0.264 e. The van der Waals surface area contributed by atoms with Gasteiger partial charge in [-0.05, 0) is 23.4 Å². The van der Waals surface area contributed by atoms with E-state index in [2.05, 4.69) is 4.98 Å². The van der Waals surface area contributed by atoms with E-state index in [4.69, 9.17) is 4.74 Å². The zero-order chi connectivity index (χ0) is 17.4. The third kappa shape index (κ3) is 2.90. The monoisotopic (exact) mass is 375 g/mol. The summed E-state index contributed by atoms with van der Waals surface area (Å²) in [5.74, 6) is 0.0589. The predicted molar refractivity (Wildman–Crippen MR) is 98.5 cm³/mol. The van der Waals surface area contributed by atoms with Crippen LogP contribution in [0, 0.1) is 0 Å². The van der Waals surface area contributed by atoms with Gasteiger partial charge in [-0.3, -0.25) is 14.2 Å². The number of nitrogens with zero attached hydrogens (tertiary/aromatic N) is 3. The summed E-state index contributed by atoms with van der Waals surface area (Å²) < 4.78 is 6.65. The Labute approximate surface area is 152 Å². The van der Waals surface area contributed by atoms with Crippen LogP contribution < -0.4 is 5.56 Å². The van der Waals surface area contributed by atoms with Crippen molar-refractivity contribution in [2.45, 2.75) is 19.5 Å². The van der Waals surface area contributed by atoms with Crippen molar-refractivity contribution >= 4 is 38.8 Å². The second-order valence-corrected chi connectivity index (χ2v) is 7.91. The van der Waals surface area contributed by atoms with Gasteiger partial charge in [0.15, 0.2) is 0 Å². The maximum Gasteiger partial charge on any atom is 0.264 e. The number of rotatable bonds is 4. The lowest BCUT2D eigenvalue weighted by Crippen LogP contribution is -2.35. The van der Waals surface area contributed by atoms with Crippen molar-refractivity contribution in [1.29, 1.82) is 0 Å². The predicted octanol–water partition coefficient (Wildman–Crippen LogP) is 2.36. The van der Waals surface area contributed by atoms with Crippen molar-refractivity contribution in [1.82, 2.24) is 14.5 Å². The standard InChI is InChI=1S/C17H17N3O3S2/c1-23-7-6-20-10-18-15-14(17(20)22)11-4-5-19(9-13(11)25-15)16(21)12-3-2-8-24-12/h2-3,8,10H,4-7,9H2,1H3. The molecule has 1 amide bonds. The molecule has 8 heteroatoms. The maximum atomic E-state index is 12.8. The molecule has 0 unspecified atom stereocenters. The zero-order valence-electron chi connectivity index (χ0n) is 13.7. The molecule has 4 rings (SSSR count). The molecule has 0 radical (unpaired) electrons. The highest BCUT2D eigenvalue weighted by Crippen LogP contribution is 2.33. The maximum absolute atomic E-state index is 12.8. The van der Waals surface area contributed by atoms with Gasteiger partial charge in [0.1, 0.15) is 4.83 Å². The van der Waals surface area contributed by atoms with Crippen molar-refractivity contribution in [3.05, 3.63) is 49.5 Å². The number of amides is 1. The van der Waals surface area contributed by atoms with E-state index in [1.807, 2.05) is 22.4 Å². The Morgan fingerprint density at radius 3 is 3.08 bits per heavy atom. The zero-order valence-corrected chi connectivity index (χ0v) is 15.4. The number of fused-ring (bicyclic) bond motifs is 3. The first-order chi connectivity index (χ1) is 12.2. The first-order valence-corrected chi connectivity index (χ1v) is 9.70. The van der Waals surface area contributed by atoms with Crippen LogP contribution in [-0.2, 0) is 24.2 Å². The normalized spacial score (nSPS) is 14.0. The minimum atomic E-state index is -0.0161. The van der Waals surface area contributed by atoms with Crippen LogP contribution in [0.25, 0.3) is 10.2 Å². The molecule has 0 aliphatic carbocycles. The first-order valence-electron chi connectivity index (χ1n) is 8.00. The molecule has 6 nitrogen and oxygen atoms in total. The molecule has 3 aromatic rings. The van der Waals surface area contributed by atoms with Crippen molar-refractivity contribution in [3.63, 3.8) is 0 Å². The van der Waals surface area contributed by atoms with E-state index < -0.39 is 0 Å². The van der Waals surface area contributed by atoms with Crippen LogP contribution in [0.15, 0.2) is 28.6 Å². The molecule has 1 aliphatic heterocycles. The quantitative estimate of drug-likeness (QED) is 0.702. The molecule has 0 N–H and O–H groups in total. The molecule has 130 valence electrons. The van der Waals surface area contributed by atoms with Crippen LogP contribution in [0.4, 0.5) is 0 Å². The lowest BCUT2D eigenvalue weighted by molar-refractivity contribution is 0.0742. The molecule has 0 bridgehead atoms. The van der Waals surface area contributed by atoms with Gasteiger partial charge in [0.2, 0.25) is 0 Å². The van der Waals surface area contributed by atoms with Crippen molar-refractivity contribution in [3.8, 4) is 0 Å². The third-order valence-corrected chi connectivity index (χ3v) is 6.37. The Morgan fingerprint density at radius 2 is 2.32 bits per heavy atom. The summed E-state index contributed by atoms with van der Waals surface area (Å²) in [5.41, 5.74) is 1.04. The largest absolute Gasteiger partial charge is 0.383 e. The van der Waals surface area contributed by atoms with E-state index in [9.17, 15) is 9.59 Å². The third-order valence-electron chi connectivity index (χ3n) is 4.38. The molecule has 0 fully saturated rings. The summed E-state index contributed by atoms with van der Waals surface area (Å²) in [6.45, 7) is 2.14. The fourth-order valence-electron chi connectivity index (χ4n) is 3.10. The fourth-order valence-corrected chi connectivity index (χ4v) is 4.98. The van der Waals surface area contributed by atoms with Crippen molar-refractivity contribution in [2.75, 3.05) is 20.3 Å². The molecular formula is C17H17N3O3S2. The van der Waals surface area contributed by atoms with Crippen LogP contribution in [0.2, 0.25) is 0 Å². The summed E-state index contributed by atoms with van der Waals surface area (Å²) in [5, 5.41) is 2.62. The van der Waals surface area contributed by atoms with Crippen LogP contribution >= 0.6 is 22.7 Å². The van der Waals surface area contributed by atoms with E-state index in [0.29, 0.717) is 38.0 Å². The lowest BCUT2D eigenvalue weighted by atomic mass is 10.1. The Balaban J connectivity index is 1.68. The fraction of sp³-hybridized carbons (Fsp3) is 0.353. The first kappa shape index (κ1) is 16.4. The molecule has 1 aliphatic rings. The molecule has 3 aromatic heterocycles. The molecule has 0 atom stereocenters. The second kappa shape index (κ2) is 6.70. The van der Waals surface area contributed by atoms with Crippen molar-refractivity contribution in [2.24, 2.45) is 0 Å². The van der Waals surface area contributed by atoms with Gasteiger partial charge in [0.05, 0.1) is 36.3 Å². The Hall–Kier alpha value is -2.03. The SMILES string of the molecule is COCCn1cnc2sc3c(c2c1=O)CCN(C(=O)c1cccs1)C3. The number of ether oxygens (including phenoxy) is 1. The molecule has 4 heterocycles. The van der Waals surface area contributed by atoms with Gasteiger partial charge in [-0.15, -0.1) is 22.7 Å². The minimum Gasteiger partial charge on any atom is -0.383 e. The van der Waals surface area contributed by atoms with Crippen molar-refractivity contribution < 1.29 is 9.53 Å². The summed E-state index contributed by atoms with van der Waals surface area (Å²) in [6.07, 6.45) is 2.28. The highest BCUT2D eigenvalue weighted by Gasteiger charge is 2.27. The summed E-state index contributed by atoms with van der Waals surface area (Å²) >= 11 is 2.98. The molecule has 25 heavy (non-hydrogen) atoms. The van der Waals surface area contributed by atoms with E-state index in [1.54, 1.807) is 18.0 Å². The number of hydrogen-bond acceptors (Lipinski definition) is 6. The topological polar surface area (TPSA) is 64.4 Å². The van der Waals surface area contributed by atoms with E-state index >= 15 is 0 Å². The average molecular weight is 375 g/mol. The summed E-state index contributed by atoms with van der Waals surface area (Å²) in [6, 6.07) is 3.74. The van der Waals surface area contributed by atoms with Crippen LogP contribution in [0.3, 0.4) is 0 Å². The van der Waals surface area contributed by atoms with E-state index in [-0.39, 0.29) is 11.5 Å². The second-order valence-electron chi connectivity index (χ2n) is 5.87. The highest BCUT2D eigenvalue weighted by molar-refractivity contribution is 7.18. The van der Waals surface area contributed by atoms with Crippen LogP contribution in [-0.4, -0.2) is 40.6 Å². The van der Waals surface area contributed by atoms with Gasteiger partial charge in [0.25, 0.3) is 11.5 Å². The van der Waals surface area contributed by atoms with Crippen LogP contribution in [0.5, 0.6) is 0 Å². The van der Waals surface area contributed by atoms with Crippen LogP contribution in [0.1, 0.15) is 20.1 Å². The molecular weight excluding hydrogens is 358 g/mol. The highest BCUT2D eigenvalue weighted by atomic mass is 32.1. The molecule has 0 spiro atoms. The number of methoxy groups -OCH3 is 1. The molecule has 0 aromatic carbocycles.